The molecule has 0 amide bonds. The molecule has 4 heteroatoms. The van der Waals surface area contributed by atoms with Gasteiger partial charge in [-0.1, -0.05) is 0 Å². The monoisotopic (exact) mass is 232 g/mol. The lowest BCUT2D eigenvalue weighted by atomic mass is 10.1. The highest BCUT2D eigenvalue weighted by Gasteiger charge is 2.07. The number of aliphatic hydroxyl groups is 1. The molecule has 90 valence electrons. The van der Waals surface area contributed by atoms with E-state index in [1.807, 2.05) is 30.1 Å². The average molecular weight is 232 g/mol. The number of anilines is 1. The quantitative estimate of drug-likeness (QED) is 0.879. The fourth-order valence-corrected chi connectivity index (χ4v) is 1.64. The van der Waals surface area contributed by atoms with E-state index in [-0.39, 0.29) is 0 Å². The summed E-state index contributed by atoms with van der Waals surface area (Å²) >= 11 is 0. The summed E-state index contributed by atoms with van der Waals surface area (Å²) in [4.78, 5) is 6.30. The molecule has 1 N–H and O–H groups in total. The fraction of sp³-hybridized carbons (Fsp3) is 0.308. The Morgan fingerprint density at radius 1 is 1.47 bits per heavy atom. The molecular weight excluding hydrogens is 216 g/mol. The fourth-order valence-electron chi connectivity index (χ4n) is 1.64. The molecule has 0 aliphatic carbocycles. The van der Waals surface area contributed by atoms with Gasteiger partial charge in [0.15, 0.2) is 0 Å². The number of nitrogens with zero attached hydrogens (tertiary/aromatic N) is 2. The van der Waals surface area contributed by atoms with Gasteiger partial charge in [-0.15, -0.1) is 0 Å². The van der Waals surface area contributed by atoms with Gasteiger partial charge in [0.25, 0.3) is 0 Å². The van der Waals surface area contributed by atoms with Crippen molar-refractivity contribution >= 4 is 5.82 Å². The Bertz CT molecular complexity index is 466. The molecule has 0 aliphatic rings. The van der Waals surface area contributed by atoms with Gasteiger partial charge in [0.2, 0.25) is 0 Å². The second-order valence-electron chi connectivity index (χ2n) is 4.11. The van der Waals surface area contributed by atoms with E-state index in [0.717, 1.165) is 23.5 Å². The summed E-state index contributed by atoms with van der Waals surface area (Å²) in [5.74, 6) is 0.838. The van der Waals surface area contributed by atoms with Crippen LogP contribution in [0.25, 0.3) is 0 Å². The van der Waals surface area contributed by atoms with E-state index in [9.17, 15) is 5.11 Å². The molecule has 4 nitrogen and oxygen atoms in total. The topological polar surface area (TPSA) is 49.5 Å². The molecule has 0 aliphatic heterocycles. The van der Waals surface area contributed by atoms with Gasteiger partial charge in [-0.2, -0.15) is 0 Å². The minimum Gasteiger partial charge on any atom is -0.472 e. The molecule has 0 bridgehead atoms. The number of rotatable bonds is 4. The first-order valence-corrected chi connectivity index (χ1v) is 5.53. The number of aliphatic hydroxyl groups excluding tert-OH is 1. The predicted octanol–water partition coefficient (Wildman–Crippen LogP) is 2.36. The van der Waals surface area contributed by atoms with Crippen molar-refractivity contribution in [2.75, 3.05) is 11.9 Å². The number of aromatic nitrogens is 1. The van der Waals surface area contributed by atoms with Crippen LogP contribution in [0.5, 0.6) is 0 Å². The Hall–Kier alpha value is -1.81. The second-order valence-corrected chi connectivity index (χ2v) is 4.11. The standard InChI is InChI=1S/C13H16N2O2/c1-10(16)12-3-5-14-13(7-12)15(2)8-11-4-6-17-9-11/h3-7,9-10,16H,8H2,1-2H3. The van der Waals surface area contributed by atoms with Crippen LogP contribution in [-0.2, 0) is 6.54 Å². The van der Waals surface area contributed by atoms with E-state index in [1.54, 1.807) is 25.6 Å². The number of hydrogen-bond acceptors (Lipinski definition) is 4. The molecule has 0 saturated carbocycles. The van der Waals surface area contributed by atoms with E-state index in [4.69, 9.17) is 4.42 Å². The van der Waals surface area contributed by atoms with Gasteiger partial charge in [0, 0.05) is 25.4 Å². The first-order valence-electron chi connectivity index (χ1n) is 5.53. The molecule has 2 rings (SSSR count). The largest absolute Gasteiger partial charge is 0.472 e. The number of hydrogen-bond donors (Lipinski definition) is 1. The molecule has 2 aromatic heterocycles. The predicted molar refractivity (Wildman–Crippen MR) is 65.7 cm³/mol. The third-order valence-electron chi connectivity index (χ3n) is 2.64. The average Bonchev–Trinajstić information content (AvgIpc) is 2.82. The SMILES string of the molecule is CC(O)c1ccnc(N(C)Cc2ccoc2)c1. The summed E-state index contributed by atoms with van der Waals surface area (Å²) in [5.41, 5.74) is 1.96. The van der Waals surface area contributed by atoms with Crippen LogP contribution in [0.4, 0.5) is 5.82 Å². The third kappa shape index (κ3) is 2.85. The second kappa shape index (κ2) is 5.01. The zero-order valence-corrected chi connectivity index (χ0v) is 10.00. The van der Waals surface area contributed by atoms with E-state index in [1.165, 1.54) is 0 Å². The van der Waals surface area contributed by atoms with Gasteiger partial charge in [-0.25, -0.2) is 4.98 Å². The van der Waals surface area contributed by atoms with Crippen LogP contribution >= 0.6 is 0 Å². The summed E-state index contributed by atoms with van der Waals surface area (Å²) < 4.78 is 5.03. The van der Waals surface area contributed by atoms with Crippen LogP contribution < -0.4 is 4.90 Å². The Balaban J connectivity index is 2.13. The number of pyridine rings is 1. The maximum absolute atomic E-state index is 9.53. The molecule has 0 fully saturated rings. The van der Waals surface area contributed by atoms with E-state index < -0.39 is 6.10 Å². The minimum absolute atomic E-state index is 0.473. The summed E-state index contributed by atoms with van der Waals surface area (Å²) in [7, 11) is 1.96. The Kier molecular flexibility index (Phi) is 3.44. The molecule has 0 spiro atoms. The van der Waals surface area contributed by atoms with Gasteiger partial charge in [-0.3, -0.25) is 0 Å². The van der Waals surface area contributed by atoms with Crippen molar-refractivity contribution in [3.05, 3.63) is 48.0 Å². The van der Waals surface area contributed by atoms with Crippen molar-refractivity contribution < 1.29 is 9.52 Å². The van der Waals surface area contributed by atoms with Crippen molar-refractivity contribution in [1.82, 2.24) is 4.98 Å². The lowest BCUT2D eigenvalue weighted by Crippen LogP contribution is -2.17. The van der Waals surface area contributed by atoms with Crippen LogP contribution in [-0.4, -0.2) is 17.1 Å². The molecule has 1 atom stereocenters. The molecule has 0 radical (unpaired) electrons. The Morgan fingerprint density at radius 2 is 2.29 bits per heavy atom. The molecule has 0 aromatic carbocycles. The van der Waals surface area contributed by atoms with Crippen molar-refractivity contribution in [2.45, 2.75) is 19.6 Å². The summed E-state index contributed by atoms with van der Waals surface area (Å²) in [6, 6.07) is 5.64. The van der Waals surface area contributed by atoms with Gasteiger partial charge in [-0.05, 0) is 30.7 Å². The van der Waals surface area contributed by atoms with Gasteiger partial charge < -0.3 is 14.4 Å². The van der Waals surface area contributed by atoms with Crippen LogP contribution in [0.3, 0.4) is 0 Å². The van der Waals surface area contributed by atoms with Crippen LogP contribution in [0.1, 0.15) is 24.2 Å². The highest BCUT2D eigenvalue weighted by atomic mass is 16.3. The van der Waals surface area contributed by atoms with Gasteiger partial charge in [0.1, 0.15) is 5.82 Å². The van der Waals surface area contributed by atoms with Crippen LogP contribution in [0.15, 0.2) is 41.3 Å². The zero-order chi connectivity index (χ0) is 12.3. The molecular formula is C13H16N2O2. The highest BCUT2D eigenvalue weighted by molar-refractivity contribution is 5.41. The maximum atomic E-state index is 9.53. The van der Waals surface area contributed by atoms with Crippen molar-refractivity contribution in [2.24, 2.45) is 0 Å². The minimum atomic E-state index is -0.473. The normalized spacial score (nSPS) is 12.4. The summed E-state index contributed by atoms with van der Waals surface area (Å²) in [5, 5.41) is 9.53. The lowest BCUT2D eigenvalue weighted by molar-refractivity contribution is 0.199. The first-order chi connectivity index (χ1) is 8.16. The zero-order valence-electron chi connectivity index (χ0n) is 10.00. The summed E-state index contributed by atoms with van der Waals surface area (Å²) in [6.07, 6.45) is 4.61. The molecule has 2 heterocycles. The third-order valence-corrected chi connectivity index (χ3v) is 2.64. The van der Waals surface area contributed by atoms with Crippen molar-refractivity contribution in [3.8, 4) is 0 Å². The molecule has 17 heavy (non-hydrogen) atoms. The van der Waals surface area contributed by atoms with E-state index >= 15 is 0 Å². The Morgan fingerprint density at radius 3 is 2.94 bits per heavy atom. The smallest absolute Gasteiger partial charge is 0.128 e. The Labute approximate surface area is 101 Å². The van der Waals surface area contributed by atoms with Gasteiger partial charge >= 0.3 is 0 Å². The molecule has 2 aromatic rings. The van der Waals surface area contributed by atoms with Crippen LogP contribution in [0, 0.1) is 0 Å². The van der Waals surface area contributed by atoms with Crippen molar-refractivity contribution in [3.63, 3.8) is 0 Å². The first kappa shape index (κ1) is 11.7. The highest BCUT2D eigenvalue weighted by Crippen LogP contribution is 2.18. The molecule has 0 saturated heterocycles. The lowest BCUT2D eigenvalue weighted by Gasteiger charge is -2.18. The van der Waals surface area contributed by atoms with E-state index in [2.05, 4.69) is 4.98 Å². The molecule has 1 unspecified atom stereocenters. The van der Waals surface area contributed by atoms with Crippen LogP contribution in [0.2, 0.25) is 0 Å². The summed E-state index contributed by atoms with van der Waals surface area (Å²) in [6.45, 7) is 2.47. The maximum Gasteiger partial charge on any atom is 0.128 e. The number of furan rings is 1. The van der Waals surface area contributed by atoms with Gasteiger partial charge in [0.05, 0.1) is 18.6 Å². The van der Waals surface area contributed by atoms with Crippen molar-refractivity contribution in [1.29, 1.82) is 0 Å². The van der Waals surface area contributed by atoms with E-state index in [0.29, 0.717) is 0 Å².